The number of fused-ring (bicyclic) bond motifs is 2. The van der Waals surface area contributed by atoms with Gasteiger partial charge in [-0.25, -0.2) is 0 Å². The molecule has 0 spiro atoms. The number of hydrogen-bond donors (Lipinski definition) is 0. The van der Waals surface area contributed by atoms with Crippen molar-refractivity contribution < 1.29 is 0 Å². The molecule has 0 fully saturated rings. The van der Waals surface area contributed by atoms with Gasteiger partial charge in [0.25, 0.3) is 0 Å². The molecule has 0 bridgehead atoms. The average molecular weight is 179 g/mol. The van der Waals surface area contributed by atoms with E-state index in [4.69, 9.17) is 0 Å². The number of rotatable bonds is 0. The number of benzene rings is 2. The summed E-state index contributed by atoms with van der Waals surface area (Å²) < 4.78 is 0. The molecule has 0 saturated heterocycles. The quantitative estimate of drug-likeness (QED) is 0.496. The van der Waals surface area contributed by atoms with Crippen molar-refractivity contribution in [3.05, 3.63) is 48.8 Å². The summed E-state index contributed by atoms with van der Waals surface area (Å²) in [4.78, 5) is 8.45. The molecule has 1 aromatic heterocycles. The molecule has 1 heterocycles. The summed E-state index contributed by atoms with van der Waals surface area (Å²) in [6.45, 7) is 0. The highest BCUT2D eigenvalue weighted by Gasteiger charge is 1.98. The van der Waals surface area contributed by atoms with Gasteiger partial charge < -0.3 is 0 Å². The van der Waals surface area contributed by atoms with Crippen molar-refractivity contribution in [3.63, 3.8) is 0 Å². The molecule has 0 amide bonds. The molecule has 14 heavy (non-hydrogen) atoms. The summed E-state index contributed by atoms with van der Waals surface area (Å²) >= 11 is 0. The third kappa shape index (κ3) is 1.04. The average Bonchev–Trinajstić information content (AvgIpc) is 2.26. The Kier molecular flexibility index (Phi) is 1.47. The van der Waals surface area contributed by atoms with E-state index in [0.717, 1.165) is 21.8 Å². The topological polar surface area (TPSA) is 25.8 Å². The molecule has 0 atom stereocenters. The fraction of sp³-hybridized carbons (Fsp3) is 0. The van der Waals surface area contributed by atoms with Crippen LogP contribution in [0.25, 0.3) is 21.8 Å². The van der Waals surface area contributed by atoms with E-state index in [1.165, 1.54) is 0 Å². The fourth-order valence-corrected chi connectivity index (χ4v) is 1.56. The highest BCUT2D eigenvalue weighted by molar-refractivity contribution is 5.93. The van der Waals surface area contributed by atoms with Crippen molar-refractivity contribution in [2.24, 2.45) is 0 Å². The first-order chi connectivity index (χ1) is 6.93. The normalized spacial score (nSPS) is 10.9. The Morgan fingerprint density at radius 3 is 2.86 bits per heavy atom. The molecule has 2 heteroatoms. The van der Waals surface area contributed by atoms with Crippen LogP contribution in [0.5, 0.6) is 0 Å². The predicted molar refractivity (Wildman–Crippen MR) is 55.9 cm³/mol. The molecule has 3 aromatic rings. The summed E-state index contributed by atoms with van der Waals surface area (Å²) in [7, 11) is 0. The van der Waals surface area contributed by atoms with Gasteiger partial charge in [0, 0.05) is 18.5 Å². The summed E-state index contributed by atoms with van der Waals surface area (Å²) in [5.74, 6) is 0. The Labute approximate surface area is 81.2 Å². The van der Waals surface area contributed by atoms with Crippen LogP contribution in [0, 0.1) is 6.07 Å². The maximum absolute atomic E-state index is 4.24. The highest BCUT2D eigenvalue weighted by atomic mass is 14.8. The zero-order valence-electron chi connectivity index (χ0n) is 7.44. The van der Waals surface area contributed by atoms with Crippen LogP contribution in [0.15, 0.2) is 42.7 Å². The molecule has 0 aliphatic rings. The molecule has 0 aliphatic carbocycles. The highest BCUT2D eigenvalue weighted by Crippen LogP contribution is 2.18. The Hall–Kier alpha value is -1.96. The van der Waals surface area contributed by atoms with Crippen LogP contribution in [-0.4, -0.2) is 9.97 Å². The molecule has 0 aliphatic heterocycles. The largest absolute Gasteiger partial charge is 0.253 e. The van der Waals surface area contributed by atoms with Gasteiger partial charge in [0.2, 0.25) is 0 Å². The van der Waals surface area contributed by atoms with E-state index in [1.807, 2.05) is 24.3 Å². The minimum absolute atomic E-state index is 0.825. The Morgan fingerprint density at radius 2 is 1.86 bits per heavy atom. The van der Waals surface area contributed by atoms with E-state index in [1.54, 1.807) is 12.4 Å². The molecule has 0 unspecified atom stereocenters. The second-order valence-corrected chi connectivity index (χ2v) is 3.15. The molecule has 0 N–H and O–H groups in total. The van der Waals surface area contributed by atoms with E-state index in [0.29, 0.717) is 0 Å². The van der Waals surface area contributed by atoms with Crippen LogP contribution in [0.4, 0.5) is 0 Å². The van der Waals surface area contributed by atoms with Gasteiger partial charge >= 0.3 is 0 Å². The molecule has 2 nitrogen and oxygen atoms in total. The number of nitrogens with zero attached hydrogens (tertiary/aromatic N) is 2. The van der Waals surface area contributed by atoms with Crippen LogP contribution in [0.2, 0.25) is 0 Å². The summed E-state index contributed by atoms with van der Waals surface area (Å²) in [6.07, 6.45) is 3.39. The first kappa shape index (κ1) is 7.44. The van der Waals surface area contributed by atoms with Gasteiger partial charge in [-0.15, -0.1) is 0 Å². The third-order valence-corrected chi connectivity index (χ3v) is 2.23. The second kappa shape index (κ2) is 2.77. The van der Waals surface area contributed by atoms with Crippen LogP contribution < -0.4 is 0 Å². The van der Waals surface area contributed by atoms with E-state index in [2.05, 4.69) is 22.1 Å². The van der Waals surface area contributed by atoms with Crippen molar-refractivity contribution in [3.8, 4) is 0 Å². The summed E-state index contributed by atoms with van der Waals surface area (Å²) in [5, 5.41) is 2.24. The molecular formula is C12H7N2. The van der Waals surface area contributed by atoms with Gasteiger partial charge in [-0.1, -0.05) is 24.3 Å². The molecule has 65 valence electrons. The second-order valence-electron chi connectivity index (χ2n) is 3.15. The Bertz CT molecular complexity index is 497. The van der Waals surface area contributed by atoms with Gasteiger partial charge in [0.1, 0.15) is 0 Å². The lowest BCUT2D eigenvalue weighted by molar-refractivity contribution is 1.30. The number of aromatic nitrogens is 2. The van der Waals surface area contributed by atoms with Gasteiger partial charge in [-0.2, -0.15) is 0 Å². The Balaban J connectivity index is 2.52. The van der Waals surface area contributed by atoms with Crippen molar-refractivity contribution in [2.45, 2.75) is 0 Å². The number of hydrogen-bond acceptors (Lipinski definition) is 2. The molecule has 3 rings (SSSR count). The maximum atomic E-state index is 4.24. The van der Waals surface area contributed by atoms with Gasteiger partial charge in [0.15, 0.2) is 0 Å². The monoisotopic (exact) mass is 179 g/mol. The lowest BCUT2D eigenvalue weighted by Crippen LogP contribution is -1.82. The van der Waals surface area contributed by atoms with Crippen molar-refractivity contribution in [1.29, 1.82) is 0 Å². The lowest BCUT2D eigenvalue weighted by atomic mass is 10.1. The van der Waals surface area contributed by atoms with Crippen LogP contribution >= 0.6 is 0 Å². The van der Waals surface area contributed by atoms with E-state index < -0.39 is 0 Å². The minimum atomic E-state index is 0.825. The maximum Gasteiger partial charge on any atom is 0.0972 e. The molecule has 2 aromatic carbocycles. The minimum Gasteiger partial charge on any atom is -0.253 e. The van der Waals surface area contributed by atoms with Crippen LogP contribution in [0.3, 0.4) is 0 Å². The fourth-order valence-electron chi connectivity index (χ4n) is 1.56. The Morgan fingerprint density at radius 1 is 1.00 bits per heavy atom. The van der Waals surface area contributed by atoms with Gasteiger partial charge in [0.05, 0.1) is 11.0 Å². The van der Waals surface area contributed by atoms with Gasteiger partial charge in [-0.3, -0.25) is 9.97 Å². The van der Waals surface area contributed by atoms with E-state index >= 15 is 0 Å². The first-order valence-corrected chi connectivity index (χ1v) is 4.45. The smallest absolute Gasteiger partial charge is 0.0972 e. The molecular weight excluding hydrogens is 172 g/mol. The van der Waals surface area contributed by atoms with E-state index in [9.17, 15) is 0 Å². The standard InChI is InChI=1S/C12H7N2/c1-2-4-10-8-12-11(7-9(10)3-1)13-5-6-14-12/h1-7H. The molecule has 0 saturated carbocycles. The third-order valence-electron chi connectivity index (χ3n) is 2.23. The van der Waals surface area contributed by atoms with Crippen LogP contribution in [-0.2, 0) is 0 Å². The van der Waals surface area contributed by atoms with E-state index in [-0.39, 0.29) is 0 Å². The lowest BCUT2D eigenvalue weighted by Gasteiger charge is -1.98. The van der Waals surface area contributed by atoms with Crippen molar-refractivity contribution in [1.82, 2.24) is 9.97 Å². The zero-order chi connectivity index (χ0) is 9.38. The van der Waals surface area contributed by atoms with Crippen molar-refractivity contribution >= 4 is 21.8 Å². The SMILES string of the molecule is [c]1c2ccccc2cc2nccnc12. The summed E-state index contributed by atoms with van der Waals surface area (Å²) in [5.41, 5.74) is 1.72. The molecule has 1 radical (unpaired) electrons. The first-order valence-electron chi connectivity index (χ1n) is 4.45. The van der Waals surface area contributed by atoms with Crippen molar-refractivity contribution in [2.75, 3.05) is 0 Å². The predicted octanol–water partition coefficient (Wildman–Crippen LogP) is 2.58. The van der Waals surface area contributed by atoms with Crippen LogP contribution in [0.1, 0.15) is 0 Å². The summed E-state index contributed by atoms with van der Waals surface area (Å²) in [6, 6.07) is 13.4. The zero-order valence-corrected chi connectivity index (χ0v) is 7.44. The van der Waals surface area contributed by atoms with Gasteiger partial charge in [-0.05, 0) is 16.8 Å².